The average Bonchev–Trinajstić information content (AvgIpc) is 2.00. The van der Waals surface area contributed by atoms with Crippen LogP contribution in [0.3, 0.4) is 0 Å². The van der Waals surface area contributed by atoms with Gasteiger partial charge in [-0.25, -0.2) is 0 Å². The smallest absolute Gasteiger partial charge is 0.239 e. The van der Waals surface area contributed by atoms with Crippen LogP contribution < -0.4 is 11.1 Å². The predicted molar refractivity (Wildman–Crippen MR) is 52.5 cm³/mol. The summed E-state index contributed by atoms with van der Waals surface area (Å²) in [5.41, 5.74) is 5.52. The van der Waals surface area contributed by atoms with E-state index in [9.17, 15) is 9.59 Å². The molecule has 0 saturated carbocycles. The highest BCUT2D eigenvalue weighted by Crippen LogP contribution is 2.03. The second kappa shape index (κ2) is 4.41. The van der Waals surface area contributed by atoms with Crippen molar-refractivity contribution in [1.82, 2.24) is 10.2 Å². The maximum atomic E-state index is 11.6. The molecule has 0 aromatic heterocycles. The largest absolute Gasteiger partial charge is 0.350 e. The Kier molecular flexibility index (Phi) is 3.46. The van der Waals surface area contributed by atoms with Crippen molar-refractivity contribution >= 4 is 11.8 Å². The Morgan fingerprint density at radius 1 is 1.79 bits per heavy atom. The molecule has 2 amide bonds. The molecule has 0 radical (unpaired) electrons. The van der Waals surface area contributed by atoms with Crippen LogP contribution in [-0.2, 0) is 9.59 Å². The highest BCUT2D eigenvalue weighted by atomic mass is 16.2. The minimum atomic E-state index is -0.150. The Bertz CT molecular complexity index is 240. The van der Waals surface area contributed by atoms with Crippen LogP contribution in [0, 0.1) is 0 Å². The summed E-state index contributed by atoms with van der Waals surface area (Å²) in [5.74, 6) is -0.136. The lowest BCUT2D eigenvalue weighted by Gasteiger charge is -2.31. The maximum absolute atomic E-state index is 11.6. The van der Waals surface area contributed by atoms with Crippen LogP contribution in [0.25, 0.3) is 0 Å². The maximum Gasteiger partial charge on any atom is 0.239 e. The predicted octanol–water partition coefficient (Wildman–Crippen LogP) is -0.929. The number of carbonyl (C=O) groups is 2. The van der Waals surface area contributed by atoms with Gasteiger partial charge in [0.05, 0.1) is 6.54 Å². The lowest BCUT2D eigenvalue weighted by molar-refractivity contribution is -0.139. The summed E-state index contributed by atoms with van der Waals surface area (Å²) in [6.07, 6.45) is 0.306. The van der Waals surface area contributed by atoms with Crippen LogP contribution in [-0.4, -0.2) is 41.9 Å². The van der Waals surface area contributed by atoms with Crippen LogP contribution in [0.5, 0.6) is 0 Å². The van der Waals surface area contributed by atoms with E-state index in [0.29, 0.717) is 13.0 Å². The summed E-state index contributed by atoms with van der Waals surface area (Å²) in [4.78, 5) is 24.3. The molecule has 1 fully saturated rings. The van der Waals surface area contributed by atoms with E-state index in [2.05, 4.69) is 5.32 Å². The molecule has 2 unspecified atom stereocenters. The molecule has 1 rings (SSSR count). The molecule has 1 aliphatic heterocycles. The standard InChI is InChI=1S/C9H17N3O2/c1-6(10)3-9(14)12-4-7(2)11-8(13)5-12/h6-7H,3-5,10H2,1-2H3,(H,11,13). The Hall–Kier alpha value is -1.10. The number of piperazine rings is 1. The van der Waals surface area contributed by atoms with Gasteiger partial charge < -0.3 is 16.0 Å². The highest BCUT2D eigenvalue weighted by molar-refractivity contribution is 5.86. The molecular weight excluding hydrogens is 182 g/mol. The molecule has 1 aliphatic rings. The van der Waals surface area contributed by atoms with E-state index in [0.717, 1.165) is 0 Å². The third-order valence-electron chi connectivity index (χ3n) is 2.09. The molecule has 1 saturated heterocycles. The molecule has 80 valence electrons. The molecule has 0 aliphatic carbocycles. The number of nitrogens with two attached hydrogens (primary N) is 1. The molecule has 0 aromatic rings. The average molecular weight is 199 g/mol. The number of rotatable bonds is 2. The first-order chi connectivity index (χ1) is 6.49. The zero-order chi connectivity index (χ0) is 10.7. The summed E-state index contributed by atoms with van der Waals surface area (Å²) in [5, 5.41) is 2.75. The van der Waals surface area contributed by atoms with E-state index in [1.807, 2.05) is 6.92 Å². The van der Waals surface area contributed by atoms with Gasteiger partial charge in [-0.2, -0.15) is 0 Å². The second-order valence-electron chi connectivity index (χ2n) is 3.92. The van der Waals surface area contributed by atoms with Gasteiger partial charge in [0.1, 0.15) is 0 Å². The minimum Gasteiger partial charge on any atom is -0.350 e. The molecule has 3 N–H and O–H groups in total. The SMILES string of the molecule is CC(N)CC(=O)N1CC(=O)NC(C)C1. The van der Waals surface area contributed by atoms with Gasteiger partial charge in [0.25, 0.3) is 0 Å². The van der Waals surface area contributed by atoms with Crippen molar-refractivity contribution < 1.29 is 9.59 Å². The van der Waals surface area contributed by atoms with Crippen molar-refractivity contribution in [3.05, 3.63) is 0 Å². The fourth-order valence-corrected chi connectivity index (χ4v) is 1.53. The summed E-state index contributed by atoms with van der Waals surface area (Å²) >= 11 is 0. The van der Waals surface area contributed by atoms with Crippen molar-refractivity contribution in [3.8, 4) is 0 Å². The van der Waals surface area contributed by atoms with Gasteiger partial charge in [0.15, 0.2) is 0 Å². The van der Waals surface area contributed by atoms with E-state index < -0.39 is 0 Å². The number of hydrogen-bond acceptors (Lipinski definition) is 3. The number of hydrogen-bond donors (Lipinski definition) is 2. The Labute approximate surface area is 83.6 Å². The van der Waals surface area contributed by atoms with Gasteiger partial charge in [-0.1, -0.05) is 0 Å². The van der Waals surface area contributed by atoms with Gasteiger partial charge in [-0.3, -0.25) is 9.59 Å². The quantitative estimate of drug-likeness (QED) is 0.603. The number of nitrogens with zero attached hydrogens (tertiary/aromatic N) is 1. The van der Waals surface area contributed by atoms with Gasteiger partial charge in [0.2, 0.25) is 11.8 Å². The first-order valence-corrected chi connectivity index (χ1v) is 4.81. The zero-order valence-corrected chi connectivity index (χ0v) is 8.62. The molecule has 2 atom stereocenters. The molecule has 5 nitrogen and oxygen atoms in total. The molecule has 0 bridgehead atoms. The van der Waals surface area contributed by atoms with Crippen LogP contribution in [0.1, 0.15) is 20.3 Å². The summed E-state index contributed by atoms with van der Waals surface area (Å²) in [6, 6.07) is -0.115. The lowest BCUT2D eigenvalue weighted by atomic mass is 10.2. The van der Waals surface area contributed by atoms with Crippen molar-refractivity contribution in [2.45, 2.75) is 32.4 Å². The van der Waals surface area contributed by atoms with Crippen LogP contribution in [0.4, 0.5) is 0 Å². The van der Waals surface area contributed by atoms with Crippen LogP contribution >= 0.6 is 0 Å². The summed E-state index contributed by atoms with van der Waals surface area (Å²) < 4.78 is 0. The van der Waals surface area contributed by atoms with E-state index >= 15 is 0 Å². The van der Waals surface area contributed by atoms with Gasteiger partial charge >= 0.3 is 0 Å². The Balaban J connectivity index is 2.50. The highest BCUT2D eigenvalue weighted by Gasteiger charge is 2.25. The Morgan fingerprint density at radius 2 is 2.43 bits per heavy atom. The minimum absolute atomic E-state index is 0.0354. The van der Waals surface area contributed by atoms with E-state index in [-0.39, 0.29) is 30.4 Å². The van der Waals surface area contributed by atoms with Crippen molar-refractivity contribution in [2.24, 2.45) is 5.73 Å². The van der Waals surface area contributed by atoms with Crippen molar-refractivity contribution in [3.63, 3.8) is 0 Å². The molecule has 1 heterocycles. The van der Waals surface area contributed by atoms with Crippen LogP contribution in [0.2, 0.25) is 0 Å². The third kappa shape index (κ3) is 2.99. The lowest BCUT2D eigenvalue weighted by Crippen LogP contribution is -2.55. The molecule has 14 heavy (non-hydrogen) atoms. The first kappa shape index (κ1) is 11.0. The molecule has 5 heteroatoms. The van der Waals surface area contributed by atoms with E-state index in [1.165, 1.54) is 0 Å². The van der Waals surface area contributed by atoms with E-state index in [1.54, 1.807) is 11.8 Å². The second-order valence-corrected chi connectivity index (χ2v) is 3.92. The number of nitrogens with one attached hydrogen (secondary N) is 1. The first-order valence-electron chi connectivity index (χ1n) is 4.81. The molecule has 0 aromatic carbocycles. The fraction of sp³-hybridized carbons (Fsp3) is 0.778. The van der Waals surface area contributed by atoms with Gasteiger partial charge in [-0.15, -0.1) is 0 Å². The number of carbonyl (C=O) groups excluding carboxylic acids is 2. The number of amides is 2. The van der Waals surface area contributed by atoms with Crippen molar-refractivity contribution in [1.29, 1.82) is 0 Å². The molecule has 0 spiro atoms. The summed E-state index contributed by atoms with van der Waals surface area (Å²) in [7, 11) is 0. The Morgan fingerprint density at radius 3 is 2.93 bits per heavy atom. The monoisotopic (exact) mass is 199 g/mol. The third-order valence-corrected chi connectivity index (χ3v) is 2.09. The fourth-order valence-electron chi connectivity index (χ4n) is 1.53. The zero-order valence-electron chi connectivity index (χ0n) is 8.62. The van der Waals surface area contributed by atoms with Crippen molar-refractivity contribution in [2.75, 3.05) is 13.1 Å². The van der Waals surface area contributed by atoms with Crippen LogP contribution in [0.15, 0.2) is 0 Å². The molecular formula is C9H17N3O2. The topological polar surface area (TPSA) is 75.4 Å². The summed E-state index contributed by atoms with van der Waals surface area (Å²) in [6.45, 7) is 4.40. The van der Waals surface area contributed by atoms with Gasteiger partial charge in [0, 0.05) is 25.0 Å². The van der Waals surface area contributed by atoms with Gasteiger partial charge in [-0.05, 0) is 13.8 Å². The van der Waals surface area contributed by atoms with E-state index in [4.69, 9.17) is 5.73 Å². The normalized spacial score (nSPS) is 24.4.